The third kappa shape index (κ3) is 4.20. The molecule has 3 aliphatic carbocycles. The van der Waals surface area contributed by atoms with Gasteiger partial charge in [-0.1, -0.05) is 56.0 Å². The first kappa shape index (κ1) is 18.6. The van der Waals surface area contributed by atoms with Gasteiger partial charge in [-0.05, 0) is 106 Å². The fraction of sp³-hybridized carbons (Fsp3) is 0.769. The van der Waals surface area contributed by atoms with E-state index in [2.05, 4.69) is 38.1 Å². The maximum absolute atomic E-state index is 2.39. The van der Waals surface area contributed by atoms with E-state index in [1.807, 2.05) is 0 Å². The maximum atomic E-state index is 2.39. The van der Waals surface area contributed by atoms with Crippen molar-refractivity contribution in [1.82, 2.24) is 0 Å². The molecule has 0 nitrogen and oxygen atoms in total. The predicted molar refractivity (Wildman–Crippen MR) is 112 cm³/mol. The number of benzene rings is 1. The smallest absolute Gasteiger partial charge is 0.0162 e. The Labute approximate surface area is 162 Å². The van der Waals surface area contributed by atoms with Crippen molar-refractivity contribution in [2.45, 2.75) is 96.8 Å². The van der Waals surface area contributed by atoms with Gasteiger partial charge >= 0.3 is 0 Å². The highest BCUT2D eigenvalue weighted by Crippen LogP contribution is 2.50. The zero-order valence-electron chi connectivity index (χ0n) is 17.3. The van der Waals surface area contributed by atoms with Crippen LogP contribution < -0.4 is 0 Å². The minimum Gasteiger partial charge on any atom is -0.0654 e. The Balaban J connectivity index is 1.27. The quantitative estimate of drug-likeness (QED) is 0.516. The van der Waals surface area contributed by atoms with Gasteiger partial charge in [-0.2, -0.15) is 0 Å². The van der Waals surface area contributed by atoms with E-state index in [-0.39, 0.29) is 0 Å². The normalized spacial score (nSPS) is 37.9. The van der Waals surface area contributed by atoms with Gasteiger partial charge in [0.15, 0.2) is 0 Å². The highest BCUT2D eigenvalue weighted by molar-refractivity contribution is 5.24. The van der Waals surface area contributed by atoms with Crippen molar-refractivity contribution in [3.63, 3.8) is 0 Å². The van der Waals surface area contributed by atoms with Crippen LogP contribution >= 0.6 is 0 Å². The monoisotopic (exact) mass is 352 g/mol. The lowest BCUT2D eigenvalue weighted by Gasteiger charge is -2.45. The van der Waals surface area contributed by atoms with E-state index in [0.717, 1.165) is 35.5 Å². The standard InChI is InChI=1S/C26H40/c1-3-4-20-7-10-26-18-25(16-15-24(26)17-20)23-13-11-22(12-14-23)21-8-5-19(2)6-9-21/h5-6,8-9,20,22-26H,3-4,7,10-18H2,1-2H3. The fourth-order valence-electron chi connectivity index (χ4n) is 6.88. The van der Waals surface area contributed by atoms with Crippen LogP contribution in [0.3, 0.4) is 0 Å². The van der Waals surface area contributed by atoms with Gasteiger partial charge in [0.1, 0.15) is 0 Å². The summed E-state index contributed by atoms with van der Waals surface area (Å²) < 4.78 is 0. The Morgan fingerprint density at radius 2 is 1.27 bits per heavy atom. The number of fused-ring (bicyclic) bond motifs is 1. The van der Waals surface area contributed by atoms with Crippen molar-refractivity contribution in [3.8, 4) is 0 Å². The first-order valence-electron chi connectivity index (χ1n) is 11.8. The van der Waals surface area contributed by atoms with Crippen molar-refractivity contribution in [1.29, 1.82) is 0 Å². The molecule has 4 rings (SSSR count). The van der Waals surface area contributed by atoms with Crippen LogP contribution in [0.4, 0.5) is 0 Å². The SMILES string of the molecule is CCCC1CCC2CC(C3CCC(c4ccc(C)cc4)CC3)CCC2C1. The van der Waals surface area contributed by atoms with Gasteiger partial charge in [0.2, 0.25) is 0 Å². The molecule has 3 fully saturated rings. The van der Waals surface area contributed by atoms with Crippen LogP contribution in [0.25, 0.3) is 0 Å². The Bertz CT molecular complexity index is 548. The van der Waals surface area contributed by atoms with E-state index in [1.54, 1.807) is 44.1 Å². The van der Waals surface area contributed by atoms with Crippen LogP contribution in [0.15, 0.2) is 24.3 Å². The van der Waals surface area contributed by atoms with Crippen LogP contribution in [0.1, 0.15) is 101 Å². The number of hydrogen-bond acceptors (Lipinski definition) is 0. The average Bonchev–Trinajstić information content (AvgIpc) is 2.69. The lowest BCUT2D eigenvalue weighted by Crippen LogP contribution is -2.34. The van der Waals surface area contributed by atoms with Crippen molar-refractivity contribution in [3.05, 3.63) is 35.4 Å². The summed E-state index contributed by atoms with van der Waals surface area (Å²) in [5.41, 5.74) is 3.00. The van der Waals surface area contributed by atoms with E-state index >= 15 is 0 Å². The molecule has 0 aromatic heterocycles. The lowest BCUT2D eigenvalue weighted by atomic mass is 9.60. The van der Waals surface area contributed by atoms with E-state index in [4.69, 9.17) is 0 Å². The van der Waals surface area contributed by atoms with Crippen molar-refractivity contribution in [2.24, 2.45) is 29.6 Å². The van der Waals surface area contributed by atoms with Gasteiger partial charge in [-0.25, -0.2) is 0 Å². The molecule has 0 aliphatic heterocycles. The zero-order valence-corrected chi connectivity index (χ0v) is 17.3. The van der Waals surface area contributed by atoms with E-state index < -0.39 is 0 Å². The van der Waals surface area contributed by atoms with E-state index in [9.17, 15) is 0 Å². The molecule has 0 spiro atoms. The Hall–Kier alpha value is -0.780. The summed E-state index contributed by atoms with van der Waals surface area (Å²) in [5.74, 6) is 6.22. The molecular weight excluding hydrogens is 312 g/mol. The fourth-order valence-corrected chi connectivity index (χ4v) is 6.88. The van der Waals surface area contributed by atoms with Gasteiger partial charge in [0.05, 0.1) is 0 Å². The second kappa shape index (κ2) is 8.49. The summed E-state index contributed by atoms with van der Waals surface area (Å²) in [6.45, 7) is 4.57. The molecule has 3 saturated carbocycles. The number of aryl methyl sites for hydroxylation is 1. The molecule has 1 aromatic carbocycles. The molecule has 1 aromatic rings. The predicted octanol–water partition coefficient (Wildman–Crippen LogP) is 7.90. The molecule has 4 atom stereocenters. The number of rotatable bonds is 4. The summed E-state index contributed by atoms with van der Waals surface area (Å²) in [5, 5.41) is 0. The molecule has 0 amide bonds. The zero-order chi connectivity index (χ0) is 17.9. The molecule has 0 heteroatoms. The minimum atomic E-state index is 0.840. The van der Waals surface area contributed by atoms with Crippen LogP contribution in [0.2, 0.25) is 0 Å². The van der Waals surface area contributed by atoms with Crippen molar-refractivity contribution >= 4 is 0 Å². The second-order valence-electron chi connectivity index (χ2n) is 10.1. The molecule has 4 unspecified atom stereocenters. The van der Waals surface area contributed by atoms with Gasteiger partial charge in [0.25, 0.3) is 0 Å². The molecule has 26 heavy (non-hydrogen) atoms. The summed E-state index contributed by atoms with van der Waals surface area (Å²) >= 11 is 0. The molecule has 0 radical (unpaired) electrons. The highest BCUT2D eigenvalue weighted by Gasteiger charge is 2.38. The van der Waals surface area contributed by atoms with Crippen molar-refractivity contribution in [2.75, 3.05) is 0 Å². The largest absolute Gasteiger partial charge is 0.0654 e. The topological polar surface area (TPSA) is 0 Å². The van der Waals surface area contributed by atoms with E-state index in [0.29, 0.717) is 0 Å². The second-order valence-corrected chi connectivity index (χ2v) is 10.1. The Morgan fingerprint density at radius 1 is 0.692 bits per heavy atom. The first-order valence-corrected chi connectivity index (χ1v) is 11.8. The summed E-state index contributed by atoms with van der Waals surface area (Å²) in [7, 11) is 0. The van der Waals surface area contributed by atoms with Gasteiger partial charge < -0.3 is 0 Å². The molecule has 144 valence electrons. The minimum absolute atomic E-state index is 0.840. The average molecular weight is 353 g/mol. The molecule has 0 N–H and O–H groups in total. The van der Waals surface area contributed by atoms with Gasteiger partial charge in [-0.3, -0.25) is 0 Å². The molecule has 0 heterocycles. The molecule has 0 bridgehead atoms. The molecular formula is C26H40. The third-order valence-electron chi connectivity index (χ3n) is 8.45. The molecule has 0 saturated heterocycles. The van der Waals surface area contributed by atoms with E-state index in [1.165, 1.54) is 44.1 Å². The molecule has 3 aliphatic rings. The van der Waals surface area contributed by atoms with Crippen LogP contribution in [0.5, 0.6) is 0 Å². The Morgan fingerprint density at radius 3 is 1.96 bits per heavy atom. The van der Waals surface area contributed by atoms with Gasteiger partial charge in [-0.15, -0.1) is 0 Å². The van der Waals surface area contributed by atoms with Crippen LogP contribution in [0, 0.1) is 36.5 Å². The first-order chi connectivity index (χ1) is 12.7. The third-order valence-corrected chi connectivity index (χ3v) is 8.45. The summed E-state index contributed by atoms with van der Waals surface area (Å²) in [4.78, 5) is 0. The maximum Gasteiger partial charge on any atom is -0.0162 e. The summed E-state index contributed by atoms with van der Waals surface area (Å²) in [6, 6.07) is 9.38. The van der Waals surface area contributed by atoms with Crippen LogP contribution in [-0.4, -0.2) is 0 Å². The number of hydrogen-bond donors (Lipinski definition) is 0. The summed E-state index contributed by atoms with van der Waals surface area (Å²) in [6.07, 6.45) is 18.2. The highest BCUT2D eigenvalue weighted by atomic mass is 14.4. The Kier molecular flexibility index (Phi) is 6.07. The van der Waals surface area contributed by atoms with Crippen molar-refractivity contribution < 1.29 is 0 Å². The lowest BCUT2D eigenvalue weighted by molar-refractivity contribution is 0.0618. The van der Waals surface area contributed by atoms with Crippen LogP contribution in [-0.2, 0) is 0 Å². The van der Waals surface area contributed by atoms with Gasteiger partial charge in [0, 0.05) is 0 Å².